The van der Waals surface area contributed by atoms with Gasteiger partial charge in [-0.05, 0) is 32.8 Å². The zero-order chi connectivity index (χ0) is 21.7. The molecule has 1 aromatic rings. The molecule has 1 heterocycles. The van der Waals surface area contributed by atoms with Gasteiger partial charge in [0.05, 0.1) is 24.9 Å². The number of alkyl carbamates (subject to hydrolysis) is 1. The van der Waals surface area contributed by atoms with Crippen LogP contribution in [0.5, 0.6) is 0 Å². The molecule has 162 valence electrons. The number of nitrogens with zero attached hydrogens (tertiary/aromatic N) is 1. The van der Waals surface area contributed by atoms with Crippen molar-refractivity contribution >= 4 is 22.3 Å². The van der Waals surface area contributed by atoms with Gasteiger partial charge in [0, 0.05) is 6.54 Å². The predicted molar refractivity (Wildman–Crippen MR) is 106 cm³/mol. The molecule has 2 amide bonds. The normalized spacial score (nSPS) is 19.7. The number of rotatable bonds is 6. The van der Waals surface area contributed by atoms with E-state index in [0.29, 0.717) is 6.42 Å². The van der Waals surface area contributed by atoms with Crippen molar-refractivity contribution in [2.45, 2.75) is 51.5 Å². The van der Waals surface area contributed by atoms with E-state index in [1.54, 1.807) is 20.8 Å². The molecule has 0 unspecified atom stereocenters. The topological polar surface area (TPSA) is 111 Å². The predicted octanol–water partition coefficient (Wildman–Crippen LogP) is 2.27. The van der Waals surface area contributed by atoms with Crippen LogP contribution < -0.4 is 5.32 Å². The van der Waals surface area contributed by atoms with Gasteiger partial charge in [-0.2, -0.15) is 8.42 Å². The van der Waals surface area contributed by atoms with Gasteiger partial charge in [0.1, 0.15) is 12.2 Å². The van der Waals surface area contributed by atoms with Crippen LogP contribution in [0.1, 0.15) is 32.8 Å². The summed E-state index contributed by atoms with van der Waals surface area (Å²) in [5, 5.41) is 2.71. The summed E-state index contributed by atoms with van der Waals surface area (Å²) < 4.78 is 38.1. The Balaban J connectivity index is 2.00. The van der Waals surface area contributed by atoms with Gasteiger partial charge in [-0.25, -0.2) is 9.59 Å². The van der Waals surface area contributed by atoms with Gasteiger partial charge in [-0.1, -0.05) is 30.3 Å². The molecular weight excluding hydrogens is 400 g/mol. The number of ether oxygens (including phenoxy) is 2. The van der Waals surface area contributed by atoms with E-state index in [0.717, 1.165) is 11.8 Å². The number of carbonyl (C=O) groups is 2. The van der Waals surface area contributed by atoms with Crippen molar-refractivity contribution in [3.05, 3.63) is 35.9 Å². The molecule has 2 rings (SSSR count). The van der Waals surface area contributed by atoms with Crippen LogP contribution in [-0.2, 0) is 30.4 Å². The van der Waals surface area contributed by atoms with Crippen molar-refractivity contribution in [1.82, 2.24) is 10.2 Å². The minimum Gasteiger partial charge on any atom is -0.445 e. The zero-order valence-corrected chi connectivity index (χ0v) is 17.9. The molecule has 29 heavy (non-hydrogen) atoms. The van der Waals surface area contributed by atoms with Crippen LogP contribution in [0.4, 0.5) is 9.59 Å². The number of hydrogen-bond donors (Lipinski definition) is 1. The minimum atomic E-state index is -3.67. The number of likely N-dealkylation sites (tertiary alicyclic amines) is 1. The number of benzene rings is 1. The van der Waals surface area contributed by atoms with E-state index in [2.05, 4.69) is 5.32 Å². The highest BCUT2D eigenvalue weighted by atomic mass is 32.2. The Morgan fingerprint density at radius 1 is 1.21 bits per heavy atom. The molecule has 1 N–H and O–H groups in total. The summed E-state index contributed by atoms with van der Waals surface area (Å²) in [7, 11) is -3.67. The third-order valence-electron chi connectivity index (χ3n) is 4.05. The zero-order valence-electron chi connectivity index (χ0n) is 17.1. The molecule has 0 radical (unpaired) electrons. The SMILES string of the molecule is CC(C)(C)OC(=O)N[C@@H]1C[C@H](COS(C)(=O)=O)N(C(=O)OCc2ccccc2)C1. The van der Waals surface area contributed by atoms with Crippen LogP contribution in [0.2, 0.25) is 0 Å². The lowest BCUT2D eigenvalue weighted by molar-refractivity contribution is 0.0502. The summed E-state index contributed by atoms with van der Waals surface area (Å²) in [5.41, 5.74) is 0.169. The Morgan fingerprint density at radius 2 is 1.86 bits per heavy atom. The quantitative estimate of drug-likeness (QED) is 0.692. The first-order chi connectivity index (χ1) is 13.4. The van der Waals surface area contributed by atoms with Gasteiger partial charge in [0.2, 0.25) is 0 Å². The van der Waals surface area contributed by atoms with Crippen LogP contribution in [0, 0.1) is 0 Å². The van der Waals surface area contributed by atoms with Crippen LogP contribution in [0.3, 0.4) is 0 Å². The molecule has 1 aliphatic rings. The maximum Gasteiger partial charge on any atom is 0.410 e. The molecule has 0 bridgehead atoms. The van der Waals surface area contributed by atoms with Crippen LogP contribution in [0.25, 0.3) is 0 Å². The molecular formula is C19H28N2O7S. The summed E-state index contributed by atoms with van der Waals surface area (Å²) >= 11 is 0. The molecule has 0 aromatic heterocycles. The van der Waals surface area contributed by atoms with E-state index in [4.69, 9.17) is 13.7 Å². The smallest absolute Gasteiger partial charge is 0.410 e. The Bertz CT molecular complexity index is 806. The van der Waals surface area contributed by atoms with Gasteiger partial charge in [0.25, 0.3) is 10.1 Å². The lowest BCUT2D eigenvalue weighted by atomic mass is 10.2. The third-order valence-corrected chi connectivity index (χ3v) is 4.61. The molecule has 1 fully saturated rings. The first kappa shape index (κ1) is 23.0. The average Bonchev–Trinajstić information content (AvgIpc) is 2.99. The van der Waals surface area contributed by atoms with Crippen molar-refractivity contribution < 1.29 is 31.7 Å². The molecule has 1 aromatic carbocycles. The second-order valence-corrected chi connectivity index (χ2v) is 9.56. The second-order valence-electron chi connectivity index (χ2n) is 7.91. The van der Waals surface area contributed by atoms with Crippen LogP contribution >= 0.6 is 0 Å². The van der Waals surface area contributed by atoms with Gasteiger partial charge < -0.3 is 19.7 Å². The van der Waals surface area contributed by atoms with Crippen molar-refractivity contribution in [3.63, 3.8) is 0 Å². The maximum absolute atomic E-state index is 12.6. The summed E-state index contributed by atoms with van der Waals surface area (Å²) in [4.78, 5) is 26.0. The largest absolute Gasteiger partial charge is 0.445 e. The Kier molecular flexibility index (Phi) is 7.48. The highest BCUT2D eigenvalue weighted by molar-refractivity contribution is 7.85. The van der Waals surface area contributed by atoms with E-state index in [1.807, 2.05) is 30.3 Å². The van der Waals surface area contributed by atoms with Crippen LogP contribution in [-0.4, -0.2) is 62.6 Å². The number of carbonyl (C=O) groups excluding carboxylic acids is 2. The van der Waals surface area contributed by atoms with E-state index >= 15 is 0 Å². The molecule has 1 saturated heterocycles. The standard InChI is InChI=1S/C19H28N2O7S/c1-19(2,3)28-17(22)20-15-10-16(13-27-29(4,24)25)21(11-15)18(23)26-12-14-8-6-5-7-9-14/h5-9,15-16H,10-13H2,1-4H3,(H,20,22)/t15-,16-/m1/s1. The minimum absolute atomic E-state index is 0.0833. The fourth-order valence-electron chi connectivity index (χ4n) is 2.88. The van der Waals surface area contributed by atoms with Crippen molar-refractivity contribution in [2.24, 2.45) is 0 Å². The Hall–Kier alpha value is -2.33. The van der Waals surface area contributed by atoms with Crippen molar-refractivity contribution in [2.75, 3.05) is 19.4 Å². The molecule has 10 heteroatoms. The Labute approximate surface area is 171 Å². The van der Waals surface area contributed by atoms with Crippen molar-refractivity contribution in [1.29, 1.82) is 0 Å². The molecule has 0 aliphatic carbocycles. The van der Waals surface area contributed by atoms with Crippen LogP contribution in [0.15, 0.2) is 30.3 Å². The average molecular weight is 429 g/mol. The summed E-state index contributed by atoms with van der Waals surface area (Å²) in [6.45, 7) is 5.27. The van der Waals surface area contributed by atoms with Gasteiger partial charge in [0.15, 0.2) is 0 Å². The molecule has 0 saturated carbocycles. The highest BCUT2D eigenvalue weighted by Gasteiger charge is 2.38. The fourth-order valence-corrected chi connectivity index (χ4v) is 3.29. The fraction of sp³-hybridized carbons (Fsp3) is 0.579. The monoisotopic (exact) mass is 428 g/mol. The van der Waals surface area contributed by atoms with Crippen molar-refractivity contribution in [3.8, 4) is 0 Å². The summed E-state index contributed by atoms with van der Waals surface area (Å²) in [6.07, 6.45) is 0.0419. The second kappa shape index (κ2) is 9.45. The van der Waals surface area contributed by atoms with Gasteiger partial charge in [-0.3, -0.25) is 4.18 Å². The first-order valence-corrected chi connectivity index (χ1v) is 11.1. The van der Waals surface area contributed by atoms with E-state index < -0.39 is 40.0 Å². The van der Waals surface area contributed by atoms with Gasteiger partial charge in [-0.15, -0.1) is 0 Å². The lowest BCUT2D eigenvalue weighted by Gasteiger charge is -2.23. The number of amides is 2. The summed E-state index contributed by atoms with van der Waals surface area (Å²) in [5.74, 6) is 0. The number of hydrogen-bond acceptors (Lipinski definition) is 7. The third kappa shape index (κ3) is 8.28. The van der Waals surface area contributed by atoms with Gasteiger partial charge >= 0.3 is 12.2 Å². The lowest BCUT2D eigenvalue weighted by Crippen LogP contribution is -2.42. The molecule has 2 atom stereocenters. The van der Waals surface area contributed by atoms with E-state index in [9.17, 15) is 18.0 Å². The summed E-state index contributed by atoms with van der Waals surface area (Å²) in [6, 6.07) is 8.21. The van der Waals surface area contributed by atoms with E-state index in [-0.39, 0.29) is 19.8 Å². The first-order valence-electron chi connectivity index (χ1n) is 9.24. The van der Waals surface area contributed by atoms with E-state index in [1.165, 1.54) is 4.90 Å². The number of nitrogens with one attached hydrogen (secondary N) is 1. The Morgan fingerprint density at radius 3 is 2.45 bits per heavy atom. The molecule has 9 nitrogen and oxygen atoms in total. The molecule has 0 spiro atoms. The molecule has 1 aliphatic heterocycles. The highest BCUT2D eigenvalue weighted by Crippen LogP contribution is 2.21. The maximum atomic E-state index is 12.6.